The SMILES string of the molecule is CON(c1ncc(-c2noc(C(F)(F)F)n2)cn1)C(C)c1ccccc1. The van der Waals surface area contributed by atoms with Crippen LogP contribution in [0.3, 0.4) is 0 Å². The van der Waals surface area contributed by atoms with Crippen LogP contribution in [0, 0.1) is 0 Å². The summed E-state index contributed by atoms with van der Waals surface area (Å²) in [6.45, 7) is 1.91. The van der Waals surface area contributed by atoms with Gasteiger partial charge >= 0.3 is 12.1 Å². The molecule has 0 fully saturated rings. The van der Waals surface area contributed by atoms with E-state index in [0.29, 0.717) is 0 Å². The topological polar surface area (TPSA) is 77.2 Å². The zero-order chi connectivity index (χ0) is 18.7. The highest BCUT2D eigenvalue weighted by atomic mass is 19.4. The van der Waals surface area contributed by atoms with Crippen LogP contribution < -0.4 is 5.06 Å². The van der Waals surface area contributed by atoms with E-state index in [9.17, 15) is 13.2 Å². The van der Waals surface area contributed by atoms with Gasteiger partial charge in [-0.3, -0.25) is 4.84 Å². The Morgan fingerprint density at radius 3 is 2.31 bits per heavy atom. The van der Waals surface area contributed by atoms with Crippen LogP contribution in [-0.4, -0.2) is 27.2 Å². The molecular weight excluding hydrogens is 351 g/mol. The fourth-order valence-electron chi connectivity index (χ4n) is 2.29. The Labute approximate surface area is 146 Å². The molecule has 7 nitrogen and oxygen atoms in total. The maximum absolute atomic E-state index is 12.5. The van der Waals surface area contributed by atoms with E-state index in [2.05, 4.69) is 24.6 Å². The van der Waals surface area contributed by atoms with Crippen LogP contribution in [0.5, 0.6) is 0 Å². The maximum Gasteiger partial charge on any atom is 0.471 e. The first kappa shape index (κ1) is 17.8. The van der Waals surface area contributed by atoms with Gasteiger partial charge in [-0.15, -0.1) is 0 Å². The largest absolute Gasteiger partial charge is 0.471 e. The molecule has 0 bridgehead atoms. The lowest BCUT2D eigenvalue weighted by atomic mass is 10.1. The molecule has 3 aromatic rings. The van der Waals surface area contributed by atoms with E-state index in [1.807, 2.05) is 37.3 Å². The molecule has 0 spiro atoms. The second-order valence-electron chi connectivity index (χ2n) is 5.29. The summed E-state index contributed by atoms with van der Waals surface area (Å²) in [4.78, 5) is 16.9. The van der Waals surface area contributed by atoms with Crippen LogP contribution in [0.1, 0.15) is 24.4 Å². The molecule has 1 unspecified atom stereocenters. The molecule has 1 atom stereocenters. The summed E-state index contributed by atoms with van der Waals surface area (Å²) in [6.07, 6.45) is -2.10. The van der Waals surface area contributed by atoms with E-state index < -0.39 is 12.1 Å². The molecule has 0 amide bonds. The van der Waals surface area contributed by atoms with Gasteiger partial charge in [0.1, 0.15) is 0 Å². The van der Waals surface area contributed by atoms with Crippen molar-refractivity contribution in [2.45, 2.75) is 19.1 Å². The van der Waals surface area contributed by atoms with Crippen molar-refractivity contribution in [3.8, 4) is 11.4 Å². The Hall–Kier alpha value is -3.01. The summed E-state index contributed by atoms with van der Waals surface area (Å²) in [5, 5.41) is 4.78. The second kappa shape index (κ2) is 7.08. The summed E-state index contributed by atoms with van der Waals surface area (Å²) in [6, 6.07) is 9.38. The average molecular weight is 365 g/mol. The lowest BCUT2D eigenvalue weighted by Crippen LogP contribution is -2.27. The Balaban J connectivity index is 1.83. The fraction of sp³-hybridized carbons (Fsp3) is 0.250. The number of rotatable bonds is 5. The van der Waals surface area contributed by atoms with Gasteiger partial charge in [-0.2, -0.15) is 18.2 Å². The van der Waals surface area contributed by atoms with Gasteiger partial charge in [-0.1, -0.05) is 35.5 Å². The molecule has 2 aromatic heterocycles. The summed E-state index contributed by atoms with van der Waals surface area (Å²) in [5.74, 6) is -1.43. The van der Waals surface area contributed by atoms with E-state index in [-0.39, 0.29) is 23.4 Å². The minimum atomic E-state index is -4.70. The lowest BCUT2D eigenvalue weighted by molar-refractivity contribution is -0.159. The fourth-order valence-corrected chi connectivity index (χ4v) is 2.29. The van der Waals surface area contributed by atoms with Crippen LogP contribution in [-0.2, 0) is 11.0 Å². The number of halogens is 3. The molecular formula is C16H14F3N5O2. The third-order valence-corrected chi connectivity index (χ3v) is 3.59. The molecule has 136 valence electrons. The molecule has 1 aromatic carbocycles. The summed E-state index contributed by atoms with van der Waals surface area (Å²) in [7, 11) is 1.48. The van der Waals surface area contributed by atoms with Crippen LogP contribution in [0.25, 0.3) is 11.4 Å². The maximum atomic E-state index is 12.5. The van der Waals surface area contributed by atoms with E-state index in [1.165, 1.54) is 24.6 Å². The normalized spacial score (nSPS) is 12.8. The highest BCUT2D eigenvalue weighted by molar-refractivity contribution is 5.52. The smallest absolute Gasteiger partial charge is 0.329 e. The minimum Gasteiger partial charge on any atom is -0.329 e. The molecule has 10 heteroatoms. The highest BCUT2D eigenvalue weighted by Crippen LogP contribution is 2.29. The molecule has 26 heavy (non-hydrogen) atoms. The Morgan fingerprint density at radius 2 is 1.77 bits per heavy atom. The zero-order valence-corrected chi connectivity index (χ0v) is 13.8. The van der Waals surface area contributed by atoms with E-state index in [0.717, 1.165) is 5.56 Å². The number of alkyl halides is 3. The van der Waals surface area contributed by atoms with Gasteiger partial charge in [-0.05, 0) is 12.5 Å². The van der Waals surface area contributed by atoms with Crippen LogP contribution in [0.4, 0.5) is 19.1 Å². The van der Waals surface area contributed by atoms with Gasteiger partial charge in [0.25, 0.3) is 0 Å². The molecule has 0 radical (unpaired) electrons. The summed E-state index contributed by atoms with van der Waals surface area (Å²) >= 11 is 0. The van der Waals surface area contributed by atoms with Crippen molar-refractivity contribution < 1.29 is 22.5 Å². The quantitative estimate of drug-likeness (QED) is 0.638. The van der Waals surface area contributed by atoms with E-state index in [4.69, 9.17) is 4.84 Å². The second-order valence-corrected chi connectivity index (χ2v) is 5.29. The van der Waals surface area contributed by atoms with E-state index >= 15 is 0 Å². The van der Waals surface area contributed by atoms with Crippen molar-refractivity contribution in [1.29, 1.82) is 0 Å². The number of hydroxylamine groups is 1. The summed E-state index contributed by atoms with van der Waals surface area (Å²) < 4.78 is 41.8. The first-order chi connectivity index (χ1) is 12.4. The molecule has 0 saturated carbocycles. The van der Waals surface area contributed by atoms with Crippen LogP contribution in [0.2, 0.25) is 0 Å². The standard InChI is InChI=1S/C16H14F3N5O2/c1-10(11-6-4-3-5-7-11)24(25-2)15-20-8-12(9-21-15)13-22-14(26-23-13)16(17,18)19/h3-10H,1-2H3. The minimum absolute atomic E-state index is 0.186. The Bertz CT molecular complexity index is 852. The highest BCUT2D eigenvalue weighted by Gasteiger charge is 2.38. The van der Waals surface area contributed by atoms with Crippen molar-refractivity contribution in [3.05, 3.63) is 54.2 Å². The molecule has 2 heterocycles. The van der Waals surface area contributed by atoms with Crippen molar-refractivity contribution in [2.24, 2.45) is 0 Å². The molecule has 0 aliphatic carbocycles. The lowest BCUT2D eigenvalue weighted by Gasteiger charge is -2.26. The van der Waals surface area contributed by atoms with Gasteiger partial charge in [-0.25, -0.2) is 15.0 Å². The molecule has 0 aliphatic rings. The van der Waals surface area contributed by atoms with Gasteiger partial charge in [0.05, 0.1) is 18.7 Å². The van der Waals surface area contributed by atoms with Gasteiger partial charge in [0.2, 0.25) is 11.8 Å². The van der Waals surface area contributed by atoms with Crippen molar-refractivity contribution in [2.75, 3.05) is 12.2 Å². The molecule has 0 aliphatic heterocycles. The third kappa shape index (κ3) is 3.64. The number of hydrogen-bond donors (Lipinski definition) is 0. The predicted octanol–water partition coefficient (Wildman–Crippen LogP) is 3.67. The average Bonchev–Trinajstić information content (AvgIpc) is 3.14. The zero-order valence-electron chi connectivity index (χ0n) is 13.8. The number of aromatic nitrogens is 4. The number of anilines is 1. The monoisotopic (exact) mass is 365 g/mol. The van der Waals surface area contributed by atoms with Crippen LogP contribution >= 0.6 is 0 Å². The first-order valence-corrected chi connectivity index (χ1v) is 7.51. The molecule has 0 N–H and O–H groups in total. The third-order valence-electron chi connectivity index (χ3n) is 3.59. The van der Waals surface area contributed by atoms with Gasteiger partial charge in [0.15, 0.2) is 0 Å². The summed E-state index contributed by atoms with van der Waals surface area (Å²) in [5.41, 5.74) is 1.17. The van der Waals surface area contributed by atoms with E-state index in [1.54, 1.807) is 0 Å². The van der Waals surface area contributed by atoms with Crippen molar-refractivity contribution in [3.63, 3.8) is 0 Å². The van der Waals surface area contributed by atoms with Crippen LogP contribution in [0.15, 0.2) is 47.2 Å². The Morgan fingerprint density at radius 1 is 1.12 bits per heavy atom. The first-order valence-electron chi connectivity index (χ1n) is 7.51. The molecule has 0 saturated heterocycles. The predicted molar refractivity (Wildman–Crippen MR) is 84.7 cm³/mol. The van der Waals surface area contributed by atoms with Gasteiger partial charge < -0.3 is 4.52 Å². The number of hydrogen-bond acceptors (Lipinski definition) is 7. The Kier molecular flexibility index (Phi) is 4.85. The number of nitrogens with zero attached hydrogens (tertiary/aromatic N) is 5. The molecule has 3 rings (SSSR count). The van der Waals surface area contributed by atoms with Crippen molar-refractivity contribution >= 4 is 5.95 Å². The van der Waals surface area contributed by atoms with Gasteiger partial charge in [0, 0.05) is 12.4 Å². The van der Waals surface area contributed by atoms with Crippen molar-refractivity contribution in [1.82, 2.24) is 20.1 Å². The number of benzene rings is 1.